The summed E-state index contributed by atoms with van der Waals surface area (Å²) in [4.78, 5) is 4.27. The van der Waals surface area contributed by atoms with Gasteiger partial charge in [-0.2, -0.15) is 0 Å². The van der Waals surface area contributed by atoms with Gasteiger partial charge in [0.1, 0.15) is 0 Å². The number of ether oxygens (including phenoxy) is 1. The van der Waals surface area contributed by atoms with E-state index in [1.54, 1.807) is 0 Å². The van der Waals surface area contributed by atoms with Gasteiger partial charge in [-0.05, 0) is 43.4 Å². The molecule has 1 atom stereocenters. The first-order chi connectivity index (χ1) is 8.32. The average Bonchev–Trinajstić information content (AvgIpc) is 3.25. The zero-order valence-electron chi connectivity index (χ0n) is 10.7. The molecule has 0 amide bonds. The van der Waals surface area contributed by atoms with E-state index in [4.69, 9.17) is 4.74 Å². The maximum atomic E-state index is 5.44. The van der Waals surface area contributed by atoms with E-state index in [1.165, 1.54) is 32.1 Å². The summed E-state index contributed by atoms with van der Waals surface area (Å²) in [6, 6.07) is 0.678. The molecule has 0 aromatic rings. The first-order valence-electron chi connectivity index (χ1n) is 6.87. The van der Waals surface area contributed by atoms with Crippen molar-refractivity contribution in [2.75, 3.05) is 26.8 Å². The van der Waals surface area contributed by atoms with Crippen LogP contribution in [0.3, 0.4) is 0 Å². The van der Waals surface area contributed by atoms with Gasteiger partial charge in [0.25, 0.3) is 0 Å². The summed E-state index contributed by atoms with van der Waals surface area (Å²) in [5, 5.41) is 6.90. The summed E-state index contributed by atoms with van der Waals surface area (Å²) in [5.74, 6) is 1.82. The SMILES string of the molecule is CN=C(NCC1CC12CCOCC2)NC1CC1. The summed E-state index contributed by atoms with van der Waals surface area (Å²) in [6.45, 7) is 3.00. The van der Waals surface area contributed by atoms with Crippen molar-refractivity contribution in [3.63, 3.8) is 0 Å². The lowest BCUT2D eigenvalue weighted by Gasteiger charge is -2.23. The molecule has 1 saturated heterocycles. The van der Waals surface area contributed by atoms with Crippen molar-refractivity contribution in [1.82, 2.24) is 10.6 Å². The lowest BCUT2D eigenvalue weighted by atomic mass is 9.94. The van der Waals surface area contributed by atoms with Crippen molar-refractivity contribution in [3.8, 4) is 0 Å². The quantitative estimate of drug-likeness (QED) is 0.571. The molecule has 17 heavy (non-hydrogen) atoms. The number of hydrogen-bond donors (Lipinski definition) is 2. The highest BCUT2D eigenvalue weighted by atomic mass is 16.5. The van der Waals surface area contributed by atoms with E-state index in [1.807, 2.05) is 7.05 Å². The van der Waals surface area contributed by atoms with Gasteiger partial charge in [0, 0.05) is 32.8 Å². The van der Waals surface area contributed by atoms with Crippen LogP contribution in [0.5, 0.6) is 0 Å². The van der Waals surface area contributed by atoms with E-state index in [-0.39, 0.29) is 0 Å². The van der Waals surface area contributed by atoms with Crippen LogP contribution >= 0.6 is 0 Å². The predicted octanol–water partition coefficient (Wildman–Crippen LogP) is 1.13. The van der Waals surface area contributed by atoms with Crippen molar-refractivity contribution in [1.29, 1.82) is 0 Å². The van der Waals surface area contributed by atoms with E-state index >= 15 is 0 Å². The van der Waals surface area contributed by atoms with E-state index in [0.717, 1.165) is 31.6 Å². The lowest BCUT2D eigenvalue weighted by Crippen LogP contribution is -2.40. The zero-order chi connectivity index (χ0) is 11.7. The molecule has 96 valence electrons. The highest BCUT2D eigenvalue weighted by Gasteiger charge is 2.53. The van der Waals surface area contributed by atoms with Gasteiger partial charge in [0.15, 0.2) is 5.96 Å². The first kappa shape index (κ1) is 11.3. The van der Waals surface area contributed by atoms with Crippen LogP contribution in [0.1, 0.15) is 32.1 Å². The van der Waals surface area contributed by atoms with Crippen LogP contribution in [0.25, 0.3) is 0 Å². The molecular formula is C13H23N3O. The second-order valence-corrected chi connectivity index (χ2v) is 5.75. The van der Waals surface area contributed by atoms with Gasteiger partial charge in [-0.1, -0.05) is 0 Å². The van der Waals surface area contributed by atoms with Crippen LogP contribution in [-0.4, -0.2) is 38.8 Å². The van der Waals surface area contributed by atoms with E-state index in [9.17, 15) is 0 Å². The third-order valence-corrected chi connectivity index (χ3v) is 4.51. The van der Waals surface area contributed by atoms with E-state index < -0.39 is 0 Å². The van der Waals surface area contributed by atoms with Crippen LogP contribution in [0.15, 0.2) is 4.99 Å². The smallest absolute Gasteiger partial charge is 0.191 e. The molecule has 2 saturated carbocycles. The van der Waals surface area contributed by atoms with Crippen molar-refractivity contribution in [2.45, 2.75) is 38.1 Å². The number of nitrogens with zero attached hydrogens (tertiary/aromatic N) is 1. The summed E-state index contributed by atoms with van der Waals surface area (Å²) < 4.78 is 5.44. The third-order valence-electron chi connectivity index (χ3n) is 4.51. The molecule has 0 radical (unpaired) electrons. The molecule has 0 aromatic carbocycles. The Labute approximate surface area is 103 Å². The van der Waals surface area contributed by atoms with Gasteiger partial charge >= 0.3 is 0 Å². The second kappa shape index (κ2) is 4.48. The fourth-order valence-corrected chi connectivity index (χ4v) is 2.95. The van der Waals surface area contributed by atoms with Gasteiger partial charge in [-0.25, -0.2) is 0 Å². The maximum absolute atomic E-state index is 5.44. The van der Waals surface area contributed by atoms with Crippen LogP contribution in [0.4, 0.5) is 0 Å². The number of guanidine groups is 1. The number of rotatable bonds is 3. The Morgan fingerprint density at radius 2 is 2.12 bits per heavy atom. The highest BCUT2D eigenvalue weighted by molar-refractivity contribution is 5.80. The number of nitrogens with one attached hydrogen (secondary N) is 2. The van der Waals surface area contributed by atoms with Crippen molar-refractivity contribution < 1.29 is 4.74 Å². The minimum Gasteiger partial charge on any atom is -0.381 e. The molecule has 2 N–H and O–H groups in total. The van der Waals surface area contributed by atoms with E-state index in [0.29, 0.717) is 11.5 Å². The Kier molecular flexibility index (Phi) is 2.99. The fraction of sp³-hybridized carbons (Fsp3) is 0.923. The Morgan fingerprint density at radius 1 is 1.35 bits per heavy atom. The molecule has 3 aliphatic rings. The van der Waals surface area contributed by atoms with Crippen molar-refractivity contribution >= 4 is 5.96 Å². The van der Waals surface area contributed by atoms with Crippen LogP contribution in [0.2, 0.25) is 0 Å². The van der Waals surface area contributed by atoms with Gasteiger partial charge in [-0.15, -0.1) is 0 Å². The molecule has 4 nitrogen and oxygen atoms in total. The van der Waals surface area contributed by atoms with Gasteiger partial charge < -0.3 is 15.4 Å². The fourth-order valence-electron chi connectivity index (χ4n) is 2.95. The molecular weight excluding hydrogens is 214 g/mol. The van der Waals surface area contributed by atoms with Crippen molar-refractivity contribution in [2.24, 2.45) is 16.3 Å². The summed E-state index contributed by atoms with van der Waals surface area (Å²) in [7, 11) is 1.86. The Morgan fingerprint density at radius 3 is 2.76 bits per heavy atom. The molecule has 2 aliphatic carbocycles. The predicted molar refractivity (Wildman–Crippen MR) is 68.1 cm³/mol. The molecule has 3 fully saturated rings. The molecule has 4 heteroatoms. The maximum Gasteiger partial charge on any atom is 0.191 e. The number of hydrogen-bond acceptors (Lipinski definition) is 2. The molecule has 1 unspecified atom stereocenters. The lowest BCUT2D eigenvalue weighted by molar-refractivity contribution is 0.0522. The summed E-state index contributed by atoms with van der Waals surface area (Å²) in [5.41, 5.74) is 0.615. The number of aliphatic imine (C=N–C) groups is 1. The summed E-state index contributed by atoms with van der Waals surface area (Å²) >= 11 is 0. The second-order valence-electron chi connectivity index (χ2n) is 5.75. The summed E-state index contributed by atoms with van der Waals surface area (Å²) in [6.07, 6.45) is 6.49. The zero-order valence-corrected chi connectivity index (χ0v) is 10.7. The van der Waals surface area contributed by atoms with Gasteiger partial charge in [0.05, 0.1) is 0 Å². The van der Waals surface area contributed by atoms with Gasteiger partial charge in [-0.3, -0.25) is 4.99 Å². The topological polar surface area (TPSA) is 45.7 Å². The minimum absolute atomic E-state index is 0.615. The molecule has 1 spiro atoms. The Bertz CT molecular complexity index is 306. The van der Waals surface area contributed by atoms with Gasteiger partial charge in [0.2, 0.25) is 0 Å². The van der Waals surface area contributed by atoms with E-state index in [2.05, 4.69) is 15.6 Å². The average molecular weight is 237 g/mol. The largest absolute Gasteiger partial charge is 0.381 e. The standard InChI is InChI=1S/C13H23N3O/c1-14-12(16-11-2-3-11)15-9-10-8-13(10)4-6-17-7-5-13/h10-11H,2-9H2,1H3,(H2,14,15,16). The molecule has 0 aromatic heterocycles. The van der Waals surface area contributed by atoms with Crippen LogP contribution in [-0.2, 0) is 4.74 Å². The molecule has 3 rings (SSSR count). The molecule has 1 aliphatic heterocycles. The van der Waals surface area contributed by atoms with Crippen LogP contribution in [0, 0.1) is 11.3 Å². The van der Waals surface area contributed by atoms with Crippen molar-refractivity contribution in [3.05, 3.63) is 0 Å². The Hall–Kier alpha value is -0.770. The minimum atomic E-state index is 0.615. The molecule has 0 bridgehead atoms. The Balaban J connectivity index is 1.42. The monoisotopic (exact) mass is 237 g/mol. The highest BCUT2D eigenvalue weighted by Crippen LogP contribution is 2.58. The molecule has 1 heterocycles. The third kappa shape index (κ3) is 2.57. The first-order valence-corrected chi connectivity index (χ1v) is 6.87. The normalized spacial score (nSPS) is 31.4. The van der Waals surface area contributed by atoms with Crippen LogP contribution < -0.4 is 10.6 Å².